The Labute approximate surface area is 127 Å². The van der Waals surface area contributed by atoms with Gasteiger partial charge in [-0.3, -0.25) is 4.90 Å². The van der Waals surface area contributed by atoms with E-state index in [4.69, 9.17) is 4.42 Å². The molecule has 1 saturated heterocycles. The highest BCUT2D eigenvalue weighted by Gasteiger charge is 2.30. The van der Waals surface area contributed by atoms with Crippen molar-refractivity contribution in [2.45, 2.75) is 45.8 Å². The van der Waals surface area contributed by atoms with Crippen LogP contribution in [0.2, 0.25) is 0 Å². The molecule has 2 rings (SSSR count). The van der Waals surface area contributed by atoms with Crippen molar-refractivity contribution in [1.82, 2.24) is 10.2 Å². The fourth-order valence-corrected chi connectivity index (χ4v) is 4.55. The number of sulfone groups is 1. The third-order valence-corrected chi connectivity index (χ3v) is 5.80. The third-order valence-electron chi connectivity index (χ3n) is 4.05. The van der Waals surface area contributed by atoms with Gasteiger partial charge in [0.25, 0.3) is 0 Å². The summed E-state index contributed by atoms with van der Waals surface area (Å²) in [6, 6.07) is 2.21. The van der Waals surface area contributed by atoms with E-state index in [1.807, 2.05) is 14.0 Å². The van der Waals surface area contributed by atoms with Gasteiger partial charge in [0.1, 0.15) is 11.5 Å². The fourth-order valence-electron chi connectivity index (χ4n) is 2.74. The Morgan fingerprint density at radius 3 is 2.86 bits per heavy atom. The normalized spacial score (nSPS) is 21.2. The zero-order valence-corrected chi connectivity index (χ0v) is 14.0. The van der Waals surface area contributed by atoms with Crippen LogP contribution in [0, 0.1) is 6.92 Å². The van der Waals surface area contributed by atoms with Crippen molar-refractivity contribution in [1.29, 1.82) is 0 Å². The van der Waals surface area contributed by atoms with Crippen LogP contribution in [0.4, 0.5) is 0 Å². The molecule has 1 aromatic heterocycles. The van der Waals surface area contributed by atoms with Crippen LogP contribution in [0.15, 0.2) is 10.5 Å². The summed E-state index contributed by atoms with van der Waals surface area (Å²) in [7, 11) is -0.835. The highest BCUT2D eigenvalue weighted by atomic mass is 32.2. The Morgan fingerprint density at radius 2 is 2.24 bits per heavy atom. The van der Waals surface area contributed by atoms with E-state index in [-0.39, 0.29) is 11.8 Å². The van der Waals surface area contributed by atoms with Crippen LogP contribution >= 0.6 is 0 Å². The van der Waals surface area contributed by atoms with E-state index in [0.717, 1.165) is 49.6 Å². The zero-order valence-electron chi connectivity index (χ0n) is 13.2. The Bertz CT molecular complexity index is 565. The summed E-state index contributed by atoms with van der Waals surface area (Å²) in [5.74, 6) is 2.48. The molecule has 1 fully saturated rings. The smallest absolute Gasteiger partial charge is 0.151 e. The Morgan fingerprint density at radius 1 is 1.48 bits per heavy atom. The lowest BCUT2D eigenvalue weighted by Crippen LogP contribution is -2.32. The average Bonchev–Trinajstić information content (AvgIpc) is 2.93. The number of aryl methyl sites for hydroxylation is 1. The van der Waals surface area contributed by atoms with Gasteiger partial charge in [-0.1, -0.05) is 6.92 Å². The lowest BCUT2D eigenvalue weighted by molar-refractivity contribution is 0.252. The second-order valence-corrected chi connectivity index (χ2v) is 8.17. The molecular weight excluding hydrogens is 288 g/mol. The van der Waals surface area contributed by atoms with Gasteiger partial charge in [0.2, 0.25) is 0 Å². The van der Waals surface area contributed by atoms with Crippen molar-refractivity contribution < 1.29 is 12.8 Å². The van der Waals surface area contributed by atoms with Crippen LogP contribution in [0.5, 0.6) is 0 Å². The van der Waals surface area contributed by atoms with Gasteiger partial charge in [0.15, 0.2) is 9.84 Å². The quantitative estimate of drug-likeness (QED) is 0.776. The number of hydrogen-bond donors (Lipinski definition) is 1. The molecule has 1 atom stereocenters. The first kappa shape index (κ1) is 16.5. The molecule has 0 saturated carbocycles. The van der Waals surface area contributed by atoms with Gasteiger partial charge in [-0.25, -0.2) is 8.42 Å². The zero-order chi connectivity index (χ0) is 15.5. The first-order chi connectivity index (χ1) is 9.91. The van der Waals surface area contributed by atoms with E-state index in [2.05, 4.69) is 23.2 Å². The topological polar surface area (TPSA) is 62.6 Å². The largest absolute Gasteiger partial charge is 0.465 e. The van der Waals surface area contributed by atoms with Crippen molar-refractivity contribution in [3.63, 3.8) is 0 Å². The third kappa shape index (κ3) is 4.56. The summed E-state index contributed by atoms with van der Waals surface area (Å²) in [4.78, 5) is 2.13. The van der Waals surface area contributed by atoms with E-state index < -0.39 is 9.84 Å². The molecule has 2 heterocycles. The van der Waals surface area contributed by atoms with Crippen LogP contribution in [0.25, 0.3) is 0 Å². The van der Waals surface area contributed by atoms with Gasteiger partial charge >= 0.3 is 0 Å². The predicted molar refractivity (Wildman–Crippen MR) is 84.0 cm³/mol. The molecule has 1 unspecified atom stereocenters. The lowest BCUT2D eigenvalue weighted by atomic mass is 10.2. The molecule has 120 valence electrons. The maximum Gasteiger partial charge on any atom is 0.151 e. The van der Waals surface area contributed by atoms with Gasteiger partial charge < -0.3 is 9.73 Å². The first-order valence-corrected chi connectivity index (χ1v) is 9.43. The summed E-state index contributed by atoms with van der Waals surface area (Å²) in [5, 5.41) is 3.32. The maximum atomic E-state index is 11.6. The maximum absolute atomic E-state index is 11.6. The Kier molecular flexibility index (Phi) is 5.46. The van der Waals surface area contributed by atoms with Crippen molar-refractivity contribution in [3.8, 4) is 0 Å². The van der Waals surface area contributed by atoms with Crippen molar-refractivity contribution in [2.24, 2.45) is 0 Å². The van der Waals surface area contributed by atoms with Crippen molar-refractivity contribution in [3.05, 3.63) is 23.2 Å². The van der Waals surface area contributed by atoms with Gasteiger partial charge in [-0.15, -0.1) is 0 Å². The molecule has 6 heteroatoms. The summed E-state index contributed by atoms with van der Waals surface area (Å²) in [6.45, 7) is 6.57. The van der Waals surface area contributed by atoms with Crippen LogP contribution in [0.1, 0.15) is 36.8 Å². The molecule has 0 radical (unpaired) electrons. The molecule has 1 aliphatic rings. The monoisotopic (exact) mass is 314 g/mol. The average molecular weight is 314 g/mol. The first-order valence-electron chi connectivity index (χ1n) is 7.61. The number of rotatable bonds is 7. The minimum atomic E-state index is -2.83. The van der Waals surface area contributed by atoms with E-state index in [1.54, 1.807) is 0 Å². The van der Waals surface area contributed by atoms with Crippen molar-refractivity contribution >= 4 is 9.84 Å². The SMILES string of the molecule is CCCNCc1cc(CN(C)C2CCS(=O)(=O)C2)c(C)o1. The number of hydrogen-bond acceptors (Lipinski definition) is 5. The fraction of sp³-hybridized carbons (Fsp3) is 0.733. The molecule has 5 nitrogen and oxygen atoms in total. The molecule has 0 aliphatic carbocycles. The van der Waals surface area contributed by atoms with Gasteiger partial charge in [-0.2, -0.15) is 0 Å². The molecule has 21 heavy (non-hydrogen) atoms. The molecule has 1 aliphatic heterocycles. The lowest BCUT2D eigenvalue weighted by Gasteiger charge is -2.22. The standard InChI is InChI=1S/C15H26N2O3S/c1-4-6-16-9-15-8-13(12(2)20-15)10-17(3)14-5-7-21(18,19)11-14/h8,14,16H,4-7,9-11H2,1-3H3. The molecule has 0 bridgehead atoms. The number of nitrogens with one attached hydrogen (secondary N) is 1. The van der Waals surface area contributed by atoms with Crippen LogP contribution < -0.4 is 5.32 Å². The van der Waals surface area contributed by atoms with Gasteiger partial charge in [-0.05, 0) is 39.4 Å². The summed E-state index contributed by atoms with van der Waals surface area (Å²) in [6.07, 6.45) is 1.84. The second-order valence-electron chi connectivity index (χ2n) is 5.94. The molecule has 0 aromatic carbocycles. The molecular formula is C15H26N2O3S. The van der Waals surface area contributed by atoms with Gasteiger partial charge in [0, 0.05) is 18.2 Å². The summed E-state index contributed by atoms with van der Waals surface area (Å²) in [5.41, 5.74) is 1.15. The van der Waals surface area contributed by atoms with E-state index in [1.165, 1.54) is 0 Å². The highest BCUT2D eigenvalue weighted by molar-refractivity contribution is 7.91. The molecule has 0 spiro atoms. The minimum Gasteiger partial charge on any atom is -0.465 e. The highest BCUT2D eigenvalue weighted by Crippen LogP contribution is 2.21. The van der Waals surface area contributed by atoms with E-state index in [9.17, 15) is 8.42 Å². The summed E-state index contributed by atoms with van der Waals surface area (Å²) >= 11 is 0. The molecule has 1 N–H and O–H groups in total. The number of furan rings is 1. The van der Waals surface area contributed by atoms with E-state index >= 15 is 0 Å². The minimum absolute atomic E-state index is 0.131. The van der Waals surface area contributed by atoms with Crippen LogP contribution in [-0.4, -0.2) is 44.5 Å². The van der Waals surface area contributed by atoms with Crippen LogP contribution in [0.3, 0.4) is 0 Å². The molecule has 1 aromatic rings. The van der Waals surface area contributed by atoms with Crippen LogP contribution in [-0.2, 0) is 22.9 Å². The Hall–Kier alpha value is -0.850. The Balaban J connectivity index is 1.93. The molecule has 0 amide bonds. The van der Waals surface area contributed by atoms with Crippen molar-refractivity contribution in [2.75, 3.05) is 25.1 Å². The van der Waals surface area contributed by atoms with E-state index in [0.29, 0.717) is 5.75 Å². The predicted octanol–water partition coefficient (Wildman–Crippen LogP) is 1.71. The van der Waals surface area contributed by atoms with Gasteiger partial charge in [0.05, 0.1) is 18.1 Å². The summed E-state index contributed by atoms with van der Waals surface area (Å²) < 4.78 is 28.9. The second kappa shape index (κ2) is 6.94. The number of nitrogens with zero attached hydrogens (tertiary/aromatic N) is 1.